The lowest BCUT2D eigenvalue weighted by molar-refractivity contribution is -0.128. The van der Waals surface area contributed by atoms with E-state index in [4.69, 9.17) is 32.7 Å². The maximum absolute atomic E-state index is 12.5. The van der Waals surface area contributed by atoms with E-state index in [1.807, 2.05) is 24.3 Å². The molecule has 0 bridgehead atoms. The van der Waals surface area contributed by atoms with E-state index in [1.165, 1.54) is 0 Å². The summed E-state index contributed by atoms with van der Waals surface area (Å²) in [5.74, 6) is 1.84. The first kappa shape index (κ1) is 18.2. The van der Waals surface area contributed by atoms with Gasteiger partial charge in [0.1, 0.15) is 16.9 Å². The fraction of sp³-hybridized carbons (Fsp3) is 0.278. The molecule has 132 valence electrons. The van der Waals surface area contributed by atoms with Crippen molar-refractivity contribution < 1.29 is 14.3 Å². The number of rotatable bonds is 5. The van der Waals surface area contributed by atoms with Gasteiger partial charge in [0.15, 0.2) is 0 Å². The summed E-state index contributed by atoms with van der Waals surface area (Å²) in [5, 5.41) is 0.909. The SMILES string of the molecule is COc1cccc(OC)c1C1SCC(=O)N1Cc1ccc(Cl)cc1Cl. The molecule has 1 aliphatic heterocycles. The van der Waals surface area contributed by atoms with Crippen LogP contribution in [0.25, 0.3) is 0 Å². The molecule has 1 heterocycles. The number of nitrogens with zero attached hydrogens (tertiary/aromatic N) is 1. The van der Waals surface area contributed by atoms with Crippen LogP contribution in [-0.4, -0.2) is 30.8 Å². The zero-order valence-corrected chi connectivity index (χ0v) is 16.1. The van der Waals surface area contributed by atoms with E-state index < -0.39 is 0 Å². The van der Waals surface area contributed by atoms with Crippen LogP contribution >= 0.6 is 35.0 Å². The van der Waals surface area contributed by atoms with Crippen molar-refractivity contribution in [2.75, 3.05) is 20.0 Å². The van der Waals surface area contributed by atoms with Gasteiger partial charge in [0, 0.05) is 16.6 Å². The highest BCUT2D eigenvalue weighted by molar-refractivity contribution is 8.00. The normalized spacial score (nSPS) is 17.0. The van der Waals surface area contributed by atoms with E-state index in [9.17, 15) is 4.79 Å². The van der Waals surface area contributed by atoms with E-state index in [0.29, 0.717) is 33.8 Å². The molecule has 1 saturated heterocycles. The lowest BCUT2D eigenvalue weighted by Crippen LogP contribution is -2.28. The molecule has 25 heavy (non-hydrogen) atoms. The van der Waals surface area contributed by atoms with E-state index in [0.717, 1.165) is 11.1 Å². The van der Waals surface area contributed by atoms with Crippen LogP contribution in [0.5, 0.6) is 11.5 Å². The van der Waals surface area contributed by atoms with Gasteiger partial charge >= 0.3 is 0 Å². The number of benzene rings is 2. The Balaban J connectivity index is 1.98. The van der Waals surface area contributed by atoms with E-state index in [2.05, 4.69) is 0 Å². The van der Waals surface area contributed by atoms with Crippen LogP contribution < -0.4 is 9.47 Å². The molecule has 0 aliphatic carbocycles. The van der Waals surface area contributed by atoms with Gasteiger partial charge in [0.25, 0.3) is 0 Å². The minimum atomic E-state index is -0.203. The Morgan fingerprint density at radius 3 is 2.44 bits per heavy atom. The average molecular weight is 398 g/mol. The lowest BCUT2D eigenvalue weighted by atomic mass is 10.1. The first-order chi connectivity index (χ1) is 12.0. The number of hydrogen-bond acceptors (Lipinski definition) is 4. The third-order valence-electron chi connectivity index (χ3n) is 4.04. The van der Waals surface area contributed by atoms with Gasteiger partial charge in [-0.1, -0.05) is 35.3 Å². The number of methoxy groups -OCH3 is 2. The molecule has 1 unspecified atom stereocenters. The molecule has 2 aromatic carbocycles. The van der Waals surface area contributed by atoms with Crippen LogP contribution in [0.15, 0.2) is 36.4 Å². The third-order valence-corrected chi connectivity index (χ3v) is 5.84. The van der Waals surface area contributed by atoms with Gasteiger partial charge in [-0.2, -0.15) is 0 Å². The molecule has 3 rings (SSSR count). The van der Waals surface area contributed by atoms with Crippen molar-refractivity contribution >= 4 is 40.9 Å². The van der Waals surface area contributed by atoms with Gasteiger partial charge in [0.05, 0.1) is 25.5 Å². The van der Waals surface area contributed by atoms with Crippen molar-refractivity contribution in [2.45, 2.75) is 11.9 Å². The Bertz CT molecular complexity index is 778. The number of carbonyl (C=O) groups excluding carboxylic acids is 1. The number of ether oxygens (including phenoxy) is 2. The van der Waals surface area contributed by atoms with Crippen molar-refractivity contribution in [3.63, 3.8) is 0 Å². The monoisotopic (exact) mass is 397 g/mol. The Morgan fingerprint density at radius 1 is 1.16 bits per heavy atom. The summed E-state index contributed by atoms with van der Waals surface area (Å²) < 4.78 is 11.0. The lowest BCUT2D eigenvalue weighted by Gasteiger charge is -2.27. The largest absolute Gasteiger partial charge is 0.496 e. The van der Waals surface area contributed by atoms with Crippen LogP contribution in [0.2, 0.25) is 10.0 Å². The minimum Gasteiger partial charge on any atom is -0.496 e. The van der Waals surface area contributed by atoms with Gasteiger partial charge in [-0.05, 0) is 29.8 Å². The number of amides is 1. The van der Waals surface area contributed by atoms with Crippen molar-refractivity contribution in [1.82, 2.24) is 4.90 Å². The van der Waals surface area contributed by atoms with Gasteiger partial charge in [-0.15, -0.1) is 11.8 Å². The molecule has 4 nitrogen and oxygen atoms in total. The molecule has 1 amide bonds. The molecular formula is C18H17Cl2NO3S. The second-order valence-electron chi connectivity index (χ2n) is 5.50. The maximum Gasteiger partial charge on any atom is 0.234 e. The third kappa shape index (κ3) is 3.68. The van der Waals surface area contributed by atoms with E-state index in [1.54, 1.807) is 43.0 Å². The Hall–Kier alpha value is -1.56. The zero-order valence-electron chi connectivity index (χ0n) is 13.8. The van der Waals surface area contributed by atoms with Crippen LogP contribution in [0.1, 0.15) is 16.5 Å². The molecular weight excluding hydrogens is 381 g/mol. The molecule has 0 spiro atoms. The molecule has 7 heteroatoms. The van der Waals surface area contributed by atoms with Crippen LogP contribution in [0.3, 0.4) is 0 Å². The number of hydrogen-bond donors (Lipinski definition) is 0. The summed E-state index contributed by atoms with van der Waals surface area (Å²) in [6.45, 7) is 0.397. The summed E-state index contributed by atoms with van der Waals surface area (Å²) >= 11 is 13.8. The van der Waals surface area contributed by atoms with Gasteiger partial charge in [-0.3, -0.25) is 4.79 Å². The van der Waals surface area contributed by atoms with Crippen LogP contribution in [0.4, 0.5) is 0 Å². The Morgan fingerprint density at radius 2 is 1.84 bits per heavy atom. The standard InChI is InChI=1S/C18H17Cl2NO3S/c1-23-14-4-3-5-15(24-2)17(14)18-21(16(22)10-25-18)9-11-6-7-12(19)8-13(11)20/h3-8,18H,9-10H2,1-2H3. The predicted octanol–water partition coefficient (Wildman–Crippen LogP) is 4.78. The molecule has 0 N–H and O–H groups in total. The first-order valence-electron chi connectivity index (χ1n) is 7.61. The second kappa shape index (κ2) is 7.77. The fourth-order valence-electron chi connectivity index (χ4n) is 2.82. The molecule has 1 aliphatic rings. The highest BCUT2D eigenvalue weighted by Crippen LogP contribution is 2.47. The smallest absolute Gasteiger partial charge is 0.234 e. The molecule has 0 aromatic heterocycles. The van der Waals surface area contributed by atoms with Crippen LogP contribution in [0, 0.1) is 0 Å². The summed E-state index contributed by atoms with van der Waals surface area (Å²) in [4.78, 5) is 14.3. The summed E-state index contributed by atoms with van der Waals surface area (Å²) in [6.07, 6.45) is 0. The number of halogens is 2. The van der Waals surface area contributed by atoms with Gasteiger partial charge in [-0.25, -0.2) is 0 Å². The molecule has 1 fully saturated rings. The topological polar surface area (TPSA) is 38.8 Å². The van der Waals surface area contributed by atoms with Gasteiger partial charge < -0.3 is 14.4 Å². The average Bonchev–Trinajstić information content (AvgIpc) is 2.96. The van der Waals surface area contributed by atoms with Crippen molar-refractivity contribution in [2.24, 2.45) is 0 Å². The predicted molar refractivity (Wildman–Crippen MR) is 102 cm³/mol. The van der Waals surface area contributed by atoms with Crippen molar-refractivity contribution in [3.05, 3.63) is 57.6 Å². The Kier molecular flexibility index (Phi) is 5.67. The van der Waals surface area contributed by atoms with E-state index in [-0.39, 0.29) is 11.3 Å². The molecule has 0 saturated carbocycles. The maximum atomic E-state index is 12.5. The minimum absolute atomic E-state index is 0.0500. The summed E-state index contributed by atoms with van der Waals surface area (Å²) in [6, 6.07) is 10.9. The summed E-state index contributed by atoms with van der Waals surface area (Å²) in [7, 11) is 3.22. The Labute approximate surface area is 161 Å². The zero-order chi connectivity index (χ0) is 18.0. The molecule has 2 aromatic rings. The molecule has 1 atom stereocenters. The summed E-state index contributed by atoms with van der Waals surface area (Å²) in [5.41, 5.74) is 1.70. The quantitative estimate of drug-likeness (QED) is 0.727. The highest BCUT2D eigenvalue weighted by atomic mass is 35.5. The number of thioether (sulfide) groups is 1. The second-order valence-corrected chi connectivity index (χ2v) is 7.41. The fourth-order valence-corrected chi connectivity index (χ4v) is 4.53. The van der Waals surface area contributed by atoms with E-state index >= 15 is 0 Å². The van der Waals surface area contributed by atoms with Gasteiger partial charge in [0.2, 0.25) is 5.91 Å². The highest BCUT2D eigenvalue weighted by Gasteiger charge is 2.36. The van der Waals surface area contributed by atoms with Crippen molar-refractivity contribution in [3.8, 4) is 11.5 Å². The van der Waals surface area contributed by atoms with Crippen molar-refractivity contribution in [1.29, 1.82) is 0 Å². The number of carbonyl (C=O) groups is 1. The molecule has 0 radical (unpaired) electrons. The van der Waals surface area contributed by atoms with Crippen LogP contribution in [-0.2, 0) is 11.3 Å². The first-order valence-corrected chi connectivity index (χ1v) is 9.41.